The van der Waals surface area contributed by atoms with Gasteiger partial charge in [0.05, 0.1) is 28.1 Å². The highest BCUT2D eigenvalue weighted by Crippen LogP contribution is 2.29. The number of hydrogen-bond donors (Lipinski definition) is 1. The summed E-state index contributed by atoms with van der Waals surface area (Å²) < 4.78 is 4.87. The van der Waals surface area contributed by atoms with Crippen LogP contribution in [0.2, 0.25) is 0 Å². The molecule has 1 atom stereocenters. The number of rotatable bonds is 5. The minimum atomic E-state index is 0.0467. The summed E-state index contributed by atoms with van der Waals surface area (Å²) >= 11 is 3.60. The first-order valence-electron chi connectivity index (χ1n) is 6.50. The van der Waals surface area contributed by atoms with E-state index in [0.717, 1.165) is 22.4 Å². The summed E-state index contributed by atoms with van der Waals surface area (Å²) in [6, 6.07) is 2.40. The Bertz CT molecular complexity index is 543. The summed E-state index contributed by atoms with van der Waals surface area (Å²) in [4.78, 5) is 0. The van der Waals surface area contributed by atoms with Crippen molar-refractivity contribution in [2.75, 3.05) is 6.54 Å². The zero-order chi connectivity index (χ0) is 14.0. The molecule has 0 aromatic carbocycles. The lowest BCUT2D eigenvalue weighted by Crippen LogP contribution is -2.26. The van der Waals surface area contributed by atoms with Crippen molar-refractivity contribution in [3.05, 3.63) is 34.3 Å². The van der Waals surface area contributed by atoms with Crippen LogP contribution in [-0.2, 0) is 7.05 Å². The summed E-state index contributed by atoms with van der Waals surface area (Å²) in [5, 5.41) is 12.4. The largest absolute Gasteiger partial charge is 0.304 e. The standard InChI is InChI=1S/C13H20BrN5/c1-5-15-12(11-6-7-18(4)17-11)13-10(14)8-16-19(13)9(2)3/h6-9,12,15H,5H2,1-4H3. The van der Waals surface area contributed by atoms with Crippen molar-refractivity contribution >= 4 is 15.9 Å². The Kier molecular flexibility index (Phi) is 4.42. The Labute approximate surface area is 122 Å². The van der Waals surface area contributed by atoms with Crippen LogP contribution in [-0.4, -0.2) is 26.1 Å². The second-order valence-corrected chi connectivity index (χ2v) is 5.68. The summed E-state index contributed by atoms with van der Waals surface area (Å²) in [6.07, 6.45) is 3.81. The molecule has 0 aliphatic carbocycles. The van der Waals surface area contributed by atoms with E-state index in [0.29, 0.717) is 6.04 Å². The van der Waals surface area contributed by atoms with Crippen molar-refractivity contribution in [2.24, 2.45) is 7.05 Å². The van der Waals surface area contributed by atoms with Gasteiger partial charge in [-0.3, -0.25) is 9.36 Å². The minimum absolute atomic E-state index is 0.0467. The van der Waals surface area contributed by atoms with Gasteiger partial charge in [0.1, 0.15) is 0 Å². The molecule has 0 saturated carbocycles. The minimum Gasteiger partial charge on any atom is -0.304 e. The van der Waals surface area contributed by atoms with Crippen LogP contribution in [0.25, 0.3) is 0 Å². The molecule has 0 fully saturated rings. The van der Waals surface area contributed by atoms with Crippen LogP contribution >= 0.6 is 15.9 Å². The second kappa shape index (κ2) is 5.88. The molecule has 2 rings (SSSR count). The maximum atomic E-state index is 4.52. The Morgan fingerprint density at radius 3 is 2.68 bits per heavy atom. The van der Waals surface area contributed by atoms with Crippen molar-refractivity contribution in [1.29, 1.82) is 0 Å². The van der Waals surface area contributed by atoms with Gasteiger partial charge >= 0.3 is 0 Å². The van der Waals surface area contributed by atoms with Crippen LogP contribution in [0.5, 0.6) is 0 Å². The summed E-state index contributed by atoms with van der Waals surface area (Å²) in [7, 11) is 1.93. The number of aromatic nitrogens is 4. The highest BCUT2D eigenvalue weighted by atomic mass is 79.9. The normalized spacial score (nSPS) is 13.2. The van der Waals surface area contributed by atoms with Gasteiger partial charge in [-0.25, -0.2) is 0 Å². The monoisotopic (exact) mass is 325 g/mol. The van der Waals surface area contributed by atoms with Crippen LogP contribution in [0.1, 0.15) is 44.2 Å². The summed E-state index contributed by atoms with van der Waals surface area (Å²) in [5.74, 6) is 0. The van der Waals surface area contributed by atoms with Crippen molar-refractivity contribution in [3.8, 4) is 0 Å². The molecule has 0 spiro atoms. The van der Waals surface area contributed by atoms with Gasteiger partial charge in [-0.1, -0.05) is 6.92 Å². The van der Waals surface area contributed by atoms with Crippen LogP contribution < -0.4 is 5.32 Å². The molecule has 0 aliphatic rings. The van der Waals surface area contributed by atoms with E-state index in [1.165, 1.54) is 0 Å². The molecule has 2 heterocycles. The molecule has 6 heteroatoms. The fourth-order valence-electron chi connectivity index (χ4n) is 2.16. The van der Waals surface area contributed by atoms with Crippen molar-refractivity contribution in [2.45, 2.75) is 32.9 Å². The van der Waals surface area contributed by atoms with E-state index in [1.54, 1.807) is 0 Å². The Morgan fingerprint density at radius 1 is 1.42 bits per heavy atom. The number of halogens is 1. The van der Waals surface area contributed by atoms with E-state index in [4.69, 9.17) is 0 Å². The first kappa shape index (κ1) is 14.3. The maximum Gasteiger partial charge on any atom is 0.0952 e. The van der Waals surface area contributed by atoms with E-state index >= 15 is 0 Å². The van der Waals surface area contributed by atoms with Crippen molar-refractivity contribution < 1.29 is 0 Å². The molecular weight excluding hydrogens is 306 g/mol. The van der Waals surface area contributed by atoms with Crippen molar-refractivity contribution in [3.63, 3.8) is 0 Å². The first-order chi connectivity index (χ1) is 9.04. The van der Waals surface area contributed by atoms with E-state index in [9.17, 15) is 0 Å². The highest BCUT2D eigenvalue weighted by molar-refractivity contribution is 9.10. The van der Waals surface area contributed by atoms with Crippen LogP contribution in [0.4, 0.5) is 0 Å². The van der Waals surface area contributed by atoms with Crippen molar-refractivity contribution in [1.82, 2.24) is 24.9 Å². The smallest absolute Gasteiger partial charge is 0.0952 e. The second-order valence-electron chi connectivity index (χ2n) is 4.82. The molecule has 2 aromatic rings. The quantitative estimate of drug-likeness (QED) is 0.919. The predicted molar refractivity (Wildman–Crippen MR) is 79.0 cm³/mol. The summed E-state index contributed by atoms with van der Waals surface area (Å²) in [5.41, 5.74) is 2.13. The molecule has 104 valence electrons. The molecular formula is C13H20BrN5. The first-order valence-corrected chi connectivity index (χ1v) is 7.29. The number of hydrogen-bond acceptors (Lipinski definition) is 3. The molecule has 0 amide bonds. The van der Waals surface area contributed by atoms with E-state index in [-0.39, 0.29) is 6.04 Å². The van der Waals surface area contributed by atoms with E-state index in [1.807, 2.05) is 34.9 Å². The fraction of sp³-hybridized carbons (Fsp3) is 0.538. The molecule has 1 unspecified atom stereocenters. The lowest BCUT2D eigenvalue weighted by molar-refractivity contribution is 0.469. The molecule has 0 saturated heterocycles. The highest BCUT2D eigenvalue weighted by Gasteiger charge is 2.24. The SMILES string of the molecule is CCNC(c1ccn(C)n1)c1c(Br)cnn1C(C)C. The maximum absolute atomic E-state index is 4.52. The van der Waals surface area contributed by atoms with Gasteiger partial charge in [-0.05, 0) is 42.4 Å². The average molecular weight is 326 g/mol. The molecule has 19 heavy (non-hydrogen) atoms. The molecule has 0 radical (unpaired) electrons. The van der Waals surface area contributed by atoms with E-state index < -0.39 is 0 Å². The molecule has 2 aromatic heterocycles. The molecule has 1 N–H and O–H groups in total. The molecule has 5 nitrogen and oxygen atoms in total. The lowest BCUT2D eigenvalue weighted by Gasteiger charge is -2.20. The Balaban J connectivity index is 2.47. The van der Waals surface area contributed by atoms with Gasteiger partial charge < -0.3 is 5.32 Å². The lowest BCUT2D eigenvalue weighted by atomic mass is 10.1. The van der Waals surface area contributed by atoms with Gasteiger partial charge in [0.2, 0.25) is 0 Å². The predicted octanol–water partition coefficient (Wildman–Crippen LogP) is 2.66. The number of nitrogens with one attached hydrogen (secondary N) is 1. The fourth-order valence-corrected chi connectivity index (χ4v) is 2.67. The molecule has 0 aliphatic heterocycles. The summed E-state index contributed by atoms with van der Waals surface area (Å²) in [6.45, 7) is 7.23. The van der Waals surface area contributed by atoms with Gasteiger partial charge in [0, 0.05) is 19.3 Å². The number of aryl methyl sites for hydroxylation is 1. The van der Waals surface area contributed by atoms with Crippen LogP contribution in [0, 0.1) is 0 Å². The zero-order valence-electron chi connectivity index (χ0n) is 11.8. The third-order valence-electron chi connectivity index (χ3n) is 2.99. The van der Waals surface area contributed by atoms with Gasteiger partial charge in [0.15, 0.2) is 0 Å². The average Bonchev–Trinajstić information content (AvgIpc) is 2.93. The third kappa shape index (κ3) is 2.90. The zero-order valence-corrected chi connectivity index (χ0v) is 13.3. The topological polar surface area (TPSA) is 47.7 Å². The van der Waals surface area contributed by atoms with Gasteiger partial charge in [-0.15, -0.1) is 0 Å². The Morgan fingerprint density at radius 2 is 2.16 bits per heavy atom. The molecule has 0 bridgehead atoms. The van der Waals surface area contributed by atoms with Gasteiger partial charge in [-0.2, -0.15) is 10.2 Å². The Hall–Kier alpha value is -1.14. The van der Waals surface area contributed by atoms with Gasteiger partial charge in [0.25, 0.3) is 0 Å². The van der Waals surface area contributed by atoms with Crippen LogP contribution in [0.15, 0.2) is 22.9 Å². The van der Waals surface area contributed by atoms with E-state index in [2.05, 4.69) is 52.2 Å². The number of nitrogens with zero attached hydrogens (tertiary/aromatic N) is 4. The third-order valence-corrected chi connectivity index (χ3v) is 3.60. The van der Waals surface area contributed by atoms with Crippen LogP contribution in [0.3, 0.4) is 0 Å².